The fourth-order valence-corrected chi connectivity index (χ4v) is 4.76. The van der Waals surface area contributed by atoms with Gasteiger partial charge >= 0.3 is 6.03 Å². The highest BCUT2D eigenvalue weighted by Crippen LogP contribution is 2.24. The molecule has 2 aromatic rings. The number of carbonyl (C=O) groups is 3. The SMILES string of the molecule is COc1ccc(C)cc1CN1CCN(C(=O)CN2C(=O)N[C@](C)(CCc3ccccc3)C2=O)CC1. The van der Waals surface area contributed by atoms with Gasteiger partial charge in [-0.05, 0) is 38.3 Å². The Kier molecular flexibility index (Phi) is 7.40. The van der Waals surface area contributed by atoms with Crippen LogP contribution in [0.1, 0.15) is 30.0 Å². The molecule has 8 heteroatoms. The molecule has 2 aromatic carbocycles. The number of methoxy groups -OCH3 is 1. The molecule has 4 rings (SSSR count). The Bertz CT molecular complexity index is 1080. The highest BCUT2D eigenvalue weighted by Gasteiger charge is 2.48. The van der Waals surface area contributed by atoms with E-state index in [2.05, 4.69) is 23.2 Å². The average Bonchev–Trinajstić information content (AvgIpc) is 3.07. The summed E-state index contributed by atoms with van der Waals surface area (Å²) >= 11 is 0. The number of nitrogens with one attached hydrogen (secondary N) is 1. The van der Waals surface area contributed by atoms with Crippen LogP contribution in [0.15, 0.2) is 48.5 Å². The highest BCUT2D eigenvalue weighted by atomic mass is 16.5. The van der Waals surface area contributed by atoms with Crippen LogP contribution in [0.25, 0.3) is 0 Å². The predicted octanol–water partition coefficient (Wildman–Crippen LogP) is 2.59. The van der Waals surface area contributed by atoms with Gasteiger partial charge in [-0.2, -0.15) is 0 Å². The van der Waals surface area contributed by atoms with Gasteiger partial charge in [0.25, 0.3) is 5.91 Å². The fraction of sp³-hybridized carbons (Fsp3) is 0.444. The monoisotopic (exact) mass is 478 g/mol. The predicted molar refractivity (Wildman–Crippen MR) is 133 cm³/mol. The molecule has 1 N–H and O–H groups in total. The van der Waals surface area contributed by atoms with Crippen LogP contribution in [0.4, 0.5) is 4.79 Å². The zero-order valence-corrected chi connectivity index (χ0v) is 20.8. The van der Waals surface area contributed by atoms with Gasteiger partial charge in [0, 0.05) is 38.3 Å². The van der Waals surface area contributed by atoms with Crippen LogP contribution in [0.2, 0.25) is 0 Å². The number of hydrogen-bond donors (Lipinski definition) is 1. The van der Waals surface area contributed by atoms with Crippen molar-refractivity contribution in [3.05, 3.63) is 65.2 Å². The molecule has 8 nitrogen and oxygen atoms in total. The van der Waals surface area contributed by atoms with Gasteiger partial charge in [0.05, 0.1) is 7.11 Å². The summed E-state index contributed by atoms with van der Waals surface area (Å²) in [6, 6.07) is 15.5. The zero-order chi connectivity index (χ0) is 25.0. The summed E-state index contributed by atoms with van der Waals surface area (Å²) in [4.78, 5) is 43.7. The summed E-state index contributed by atoms with van der Waals surface area (Å²) in [6.45, 7) is 6.87. The standard InChI is InChI=1S/C27H34N4O4/c1-20-9-10-23(35-3)22(17-20)18-29-13-15-30(16-14-29)24(32)19-31-25(33)27(2,28-26(31)34)12-11-21-7-5-4-6-8-21/h4-10,17H,11-16,18-19H2,1-3H3,(H,28,34)/t27-/m1/s1. The van der Waals surface area contributed by atoms with Crippen LogP contribution in [0.5, 0.6) is 5.75 Å². The van der Waals surface area contributed by atoms with Crippen LogP contribution < -0.4 is 10.1 Å². The average molecular weight is 479 g/mol. The molecular weight excluding hydrogens is 444 g/mol. The quantitative estimate of drug-likeness (QED) is 0.590. The van der Waals surface area contributed by atoms with Crippen LogP contribution in [0, 0.1) is 6.92 Å². The molecule has 0 bridgehead atoms. The van der Waals surface area contributed by atoms with Crippen molar-refractivity contribution in [3.63, 3.8) is 0 Å². The fourth-order valence-electron chi connectivity index (χ4n) is 4.76. The van der Waals surface area contributed by atoms with E-state index >= 15 is 0 Å². The molecule has 2 aliphatic heterocycles. The third-order valence-electron chi connectivity index (χ3n) is 6.95. The lowest BCUT2D eigenvalue weighted by molar-refractivity contribution is -0.139. The number of imide groups is 1. The second kappa shape index (κ2) is 10.5. The Morgan fingerprint density at radius 2 is 1.77 bits per heavy atom. The molecule has 1 atom stereocenters. The molecule has 2 fully saturated rings. The summed E-state index contributed by atoms with van der Waals surface area (Å²) in [5.41, 5.74) is 2.41. The Morgan fingerprint density at radius 1 is 1.06 bits per heavy atom. The maximum Gasteiger partial charge on any atom is 0.325 e. The molecule has 35 heavy (non-hydrogen) atoms. The first-order valence-electron chi connectivity index (χ1n) is 12.1. The lowest BCUT2D eigenvalue weighted by atomic mass is 9.93. The van der Waals surface area contributed by atoms with E-state index in [0.717, 1.165) is 41.4 Å². The summed E-state index contributed by atoms with van der Waals surface area (Å²) in [5, 5.41) is 2.80. The second-order valence-electron chi connectivity index (χ2n) is 9.61. The molecule has 2 aliphatic rings. The second-order valence-corrected chi connectivity index (χ2v) is 9.61. The first kappa shape index (κ1) is 24.7. The molecule has 186 valence electrons. The minimum Gasteiger partial charge on any atom is -0.496 e. The number of rotatable bonds is 8. The highest BCUT2D eigenvalue weighted by molar-refractivity contribution is 6.08. The van der Waals surface area contributed by atoms with Gasteiger partial charge in [-0.1, -0.05) is 48.0 Å². The van der Waals surface area contributed by atoms with E-state index in [1.165, 1.54) is 5.56 Å². The zero-order valence-electron chi connectivity index (χ0n) is 20.8. The Labute approximate surface area is 206 Å². The minimum atomic E-state index is -1.00. The third kappa shape index (κ3) is 5.65. The van der Waals surface area contributed by atoms with E-state index in [1.54, 1.807) is 18.9 Å². The topological polar surface area (TPSA) is 82.2 Å². The van der Waals surface area contributed by atoms with Crippen LogP contribution in [-0.2, 0) is 22.6 Å². The van der Waals surface area contributed by atoms with E-state index in [1.807, 2.05) is 42.5 Å². The van der Waals surface area contributed by atoms with Gasteiger partial charge < -0.3 is 15.0 Å². The van der Waals surface area contributed by atoms with E-state index in [0.29, 0.717) is 25.9 Å². The molecule has 0 radical (unpaired) electrons. The molecule has 0 spiro atoms. The minimum absolute atomic E-state index is 0.200. The van der Waals surface area contributed by atoms with E-state index in [4.69, 9.17) is 4.74 Å². The number of benzene rings is 2. The van der Waals surface area contributed by atoms with Crippen molar-refractivity contribution in [2.24, 2.45) is 0 Å². The number of carbonyl (C=O) groups excluding carboxylic acids is 3. The number of aryl methyl sites for hydroxylation is 2. The van der Waals surface area contributed by atoms with Gasteiger partial charge in [0.1, 0.15) is 17.8 Å². The van der Waals surface area contributed by atoms with E-state index < -0.39 is 11.6 Å². The summed E-state index contributed by atoms with van der Waals surface area (Å²) in [7, 11) is 1.67. The molecule has 2 saturated heterocycles. The molecule has 0 unspecified atom stereocenters. The smallest absolute Gasteiger partial charge is 0.325 e. The Hall–Kier alpha value is -3.39. The van der Waals surface area contributed by atoms with Crippen LogP contribution in [0.3, 0.4) is 0 Å². The summed E-state index contributed by atoms with van der Waals surface area (Å²) in [6.07, 6.45) is 1.15. The Balaban J connectivity index is 1.29. The summed E-state index contributed by atoms with van der Waals surface area (Å²) in [5.74, 6) is 0.327. The van der Waals surface area contributed by atoms with Crippen molar-refractivity contribution in [1.29, 1.82) is 0 Å². The number of nitrogens with zero attached hydrogens (tertiary/aromatic N) is 3. The number of urea groups is 1. The number of piperazine rings is 1. The first-order chi connectivity index (χ1) is 16.8. The maximum absolute atomic E-state index is 13.1. The van der Waals surface area contributed by atoms with Crippen molar-refractivity contribution in [2.45, 2.75) is 38.8 Å². The number of amides is 4. The number of ether oxygens (including phenoxy) is 1. The van der Waals surface area contributed by atoms with Gasteiger partial charge in [0.2, 0.25) is 5.91 Å². The van der Waals surface area contributed by atoms with Gasteiger partial charge in [-0.25, -0.2) is 4.79 Å². The van der Waals surface area contributed by atoms with E-state index in [-0.39, 0.29) is 18.4 Å². The van der Waals surface area contributed by atoms with Crippen LogP contribution >= 0.6 is 0 Å². The van der Waals surface area contributed by atoms with E-state index in [9.17, 15) is 14.4 Å². The Morgan fingerprint density at radius 3 is 2.46 bits per heavy atom. The van der Waals surface area contributed by atoms with Gasteiger partial charge in [-0.3, -0.25) is 19.4 Å². The normalized spacial score (nSPS) is 20.8. The first-order valence-corrected chi connectivity index (χ1v) is 12.1. The molecule has 0 aliphatic carbocycles. The summed E-state index contributed by atoms with van der Waals surface area (Å²) < 4.78 is 5.49. The van der Waals surface area contributed by atoms with Crippen molar-refractivity contribution >= 4 is 17.8 Å². The number of hydrogen-bond acceptors (Lipinski definition) is 5. The van der Waals surface area contributed by atoms with Gasteiger partial charge in [0.15, 0.2) is 0 Å². The van der Waals surface area contributed by atoms with Gasteiger partial charge in [-0.15, -0.1) is 0 Å². The van der Waals surface area contributed by atoms with Crippen molar-refractivity contribution < 1.29 is 19.1 Å². The largest absolute Gasteiger partial charge is 0.496 e. The lowest BCUT2D eigenvalue weighted by Gasteiger charge is -2.35. The van der Waals surface area contributed by atoms with Crippen molar-refractivity contribution in [1.82, 2.24) is 20.0 Å². The molecule has 4 amide bonds. The van der Waals surface area contributed by atoms with Crippen molar-refractivity contribution in [3.8, 4) is 5.75 Å². The lowest BCUT2D eigenvalue weighted by Crippen LogP contribution is -2.52. The van der Waals surface area contributed by atoms with Crippen LogP contribution in [-0.4, -0.2) is 77.9 Å². The third-order valence-corrected chi connectivity index (χ3v) is 6.95. The molecule has 0 aromatic heterocycles. The van der Waals surface area contributed by atoms with Crippen molar-refractivity contribution in [2.75, 3.05) is 39.8 Å². The molecule has 0 saturated carbocycles. The molecular formula is C27H34N4O4. The molecule has 2 heterocycles. The maximum atomic E-state index is 13.1.